The van der Waals surface area contributed by atoms with E-state index >= 15 is 0 Å². The quantitative estimate of drug-likeness (QED) is 0.588. The molecule has 1 aliphatic heterocycles. The Bertz CT molecular complexity index is 1070. The second-order valence-corrected chi connectivity index (χ2v) is 8.23. The predicted octanol–water partition coefficient (Wildman–Crippen LogP) is 2.72. The molecule has 30 heavy (non-hydrogen) atoms. The Morgan fingerprint density at radius 1 is 1.27 bits per heavy atom. The largest absolute Gasteiger partial charge is 0.391 e. The number of rotatable bonds is 7. The van der Waals surface area contributed by atoms with Crippen LogP contribution in [0.5, 0.6) is 0 Å². The number of nitrogens with zero attached hydrogens (tertiary/aromatic N) is 3. The van der Waals surface area contributed by atoms with Crippen molar-refractivity contribution in [2.24, 2.45) is 5.92 Å². The van der Waals surface area contributed by atoms with Crippen molar-refractivity contribution in [3.8, 4) is 0 Å². The molecule has 1 aliphatic rings. The van der Waals surface area contributed by atoms with Gasteiger partial charge in [0.1, 0.15) is 6.54 Å². The third kappa shape index (κ3) is 4.03. The van der Waals surface area contributed by atoms with E-state index in [-0.39, 0.29) is 24.2 Å². The molecule has 0 bridgehead atoms. The number of likely N-dealkylation sites (tertiary alicyclic amines) is 1. The lowest BCUT2D eigenvalue weighted by Crippen LogP contribution is -2.32. The van der Waals surface area contributed by atoms with Crippen molar-refractivity contribution < 1.29 is 14.7 Å². The third-order valence-electron chi connectivity index (χ3n) is 5.86. The molecule has 0 radical (unpaired) electrons. The van der Waals surface area contributed by atoms with Crippen LogP contribution in [0.15, 0.2) is 36.5 Å². The number of para-hydroxylation sites is 1. The zero-order chi connectivity index (χ0) is 21.3. The molecule has 2 N–H and O–H groups in total. The zero-order valence-corrected chi connectivity index (χ0v) is 17.5. The Morgan fingerprint density at radius 3 is 2.80 bits per heavy atom. The monoisotopic (exact) mass is 408 g/mol. The Balaban J connectivity index is 1.49. The number of aliphatic hydroxyl groups is 1. The maximum atomic E-state index is 13.0. The fourth-order valence-corrected chi connectivity index (χ4v) is 4.31. The van der Waals surface area contributed by atoms with Gasteiger partial charge >= 0.3 is 0 Å². The van der Waals surface area contributed by atoms with E-state index < -0.39 is 6.10 Å². The highest BCUT2D eigenvalue weighted by molar-refractivity contribution is 6.08. The van der Waals surface area contributed by atoms with Crippen LogP contribution < -0.4 is 0 Å². The molecule has 7 nitrogen and oxygen atoms in total. The number of aliphatic hydroxyl groups excluding tert-OH is 1. The number of fused-ring (bicyclic) bond motifs is 1. The summed E-state index contributed by atoms with van der Waals surface area (Å²) in [4.78, 5) is 27.2. The first-order valence-corrected chi connectivity index (χ1v) is 10.5. The van der Waals surface area contributed by atoms with Crippen molar-refractivity contribution >= 4 is 22.6 Å². The van der Waals surface area contributed by atoms with Crippen LogP contribution in [-0.2, 0) is 17.8 Å². The molecule has 3 aromatic rings. The van der Waals surface area contributed by atoms with E-state index in [1.165, 1.54) is 0 Å². The average molecular weight is 409 g/mol. The van der Waals surface area contributed by atoms with Gasteiger partial charge in [-0.3, -0.25) is 14.7 Å². The van der Waals surface area contributed by atoms with E-state index in [1.807, 2.05) is 48.7 Å². The summed E-state index contributed by atoms with van der Waals surface area (Å²) >= 11 is 0. The molecule has 4 rings (SSSR count). The average Bonchev–Trinajstić information content (AvgIpc) is 3.41. The van der Waals surface area contributed by atoms with Gasteiger partial charge in [0.2, 0.25) is 5.91 Å². The Kier molecular flexibility index (Phi) is 5.72. The number of Topliss-reactive ketones (excluding diaryl/α,β-unsaturated/α-hetero) is 1. The van der Waals surface area contributed by atoms with Crippen molar-refractivity contribution in [2.75, 3.05) is 13.1 Å². The molecule has 0 saturated carbocycles. The Morgan fingerprint density at radius 2 is 2.07 bits per heavy atom. The summed E-state index contributed by atoms with van der Waals surface area (Å²) in [6, 6.07) is 9.67. The maximum Gasteiger partial charge on any atom is 0.242 e. The summed E-state index contributed by atoms with van der Waals surface area (Å²) in [5.74, 6) is 0.0237. The number of benzene rings is 1. The molecule has 2 atom stereocenters. The maximum absolute atomic E-state index is 13.0. The third-order valence-corrected chi connectivity index (χ3v) is 5.86. The first-order chi connectivity index (χ1) is 14.5. The van der Waals surface area contributed by atoms with Crippen LogP contribution in [0, 0.1) is 12.8 Å². The number of ketones is 1. The summed E-state index contributed by atoms with van der Waals surface area (Å²) in [5, 5.41) is 18.5. The van der Waals surface area contributed by atoms with Gasteiger partial charge < -0.3 is 14.6 Å². The van der Waals surface area contributed by atoms with Crippen LogP contribution in [0.25, 0.3) is 10.9 Å². The van der Waals surface area contributed by atoms with Gasteiger partial charge in [-0.25, -0.2) is 0 Å². The molecule has 7 heteroatoms. The Labute approximate surface area is 175 Å². The van der Waals surface area contributed by atoms with Gasteiger partial charge in [0.25, 0.3) is 0 Å². The molecular formula is C23H28N4O3. The van der Waals surface area contributed by atoms with Crippen LogP contribution >= 0.6 is 0 Å². The summed E-state index contributed by atoms with van der Waals surface area (Å²) in [7, 11) is 0. The van der Waals surface area contributed by atoms with E-state index in [0.29, 0.717) is 31.5 Å². The van der Waals surface area contributed by atoms with Gasteiger partial charge in [-0.1, -0.05) is 25.1 Å². The first-order valence-electron chi connectivity index (χ1n) is 10.5. The van der Waals surface area contributed by atoms with Crippen molar-refractivity contribution in [1.82, 2.24) is 19.7 Å². The van der Waals surface area contributed by atoms with Crippen molar-refractivity contribution in [1.29, 1.82) is 0 Å². The molecular weight excluding hydrogens is 380 g/mol. The molecule has 1 amide bonds. The number of hydrogen-bond donors (Lipinski definition) is 2. The van der Waals surface area contributed by atoms with Gasteiger partial charge in [0.15, 0.2) is 5.78 Å². The fourth-order valence-electron chi connectivity index (χ4n) is 4.31. The summed E-state index contributed by atoms with van der Waals surface area (Å²) < 4.78 is 1.86. The van der Waals surface area contributed by atoms with Crippen LogP contribution in [-0.4, -0.2) is 55.7 Å². The number of aromatic amines is 1. The number of hydrogen-bond acceptors (Lipinski definition) is 4. The van der Waals surface area contributed by atoms with Gasteiger partial charge in [-0.05, 0) is 31.9 Å². The van der Waals surface area contributed by atoms with Gasteiger partial charge in [-0.15, -0.1) is 0 Å². The molecule has 158 valence electrons. The second-order valence-electron chi connectivity index (χ2n) is 8.23. The predicted molar refractivity (Wildman–Crippen MR) is 114 cm³/mol. The molecule has 0 unspecified atom stereocenters. The minimum Gasteiger partial charge on any atom is -0.391 e. The highest BCUT2D eigenvalue weighted by Gasteiger charge is 2.34. The number of aryl methyl sites for hydroxylation is 1. The van der Waals surface area contributed by atoms with E-state index in [9.17, 15) is 14.7 Å². The lowest BCUT2D eigenvalue weighted by atomic mass is 10.0. The van der Waals surface area contributed by atoms with E-state index in [1.54, 1.807) is 11.1 Å². The van der Waals surface area contributed by atoms with Crippen LogP contribution in [0.3, 0.4) is 0 Å². The minimum atomic E-state index is -0.561. The smallest absolute Gasteiger partial charge is 0.242 e. The van der Waals surface area contributed by atoms with Gasteiger partial charge in [0.05, 0.1) is 11.8 Å². The van der Waals surface area contributed by atoms with Crippen LogP contribution in [0.2, 0.25) is 0 Å². The van der Waals surface area contributed by atoms with Crippen molar-refractivity contribution in [3.05, 3.63) is 53.5 Å². The molecule has 1 saturated heterocycles. The number of carbonyl (C=O) groups excluding carboxylic acids is 2. The number of aromatic nitrogens is 3. The fraction of sp³-hybridized carbons (Fsp3) is 0.435. The zero-order valence-electron chi connectivity index (χ0n) is 17.5. The van der Waals surface area contributed by atoms with Gasteiger partial charge in [-0.2, -0.15) is 5.10 Å². The standard InChI is InChI=1S/C23H28N4O3/c1-3-6-21(28)19-12-26(20-8-5-4-7-18(19)20)14-23(30)27-11-16(22(29)13-27)10-17-9-15(2)24-25-17/h4-5,7-9,12,16,22,29H,3,6,10-11,13-14H2,1-2H3,(H,24,25)/t16-,22-/m1/s1. The lowest BCUT2D eigenvalue weighted by Gasteiger charge is -2.17. The number of nitrogens with one attached hydrogen (secondary N) is 1. The SMILES string of the molecule is CCCC(=O)c1cn(CC(=O)N2C[C@@H](Cc3cc(C)[nH]n3)[C@H](O)C2)c2ccccc12. The number of H-pyrrole nitrogens is 1. The lowest BCUT2D eigenvalue weighted by molar-refractivity contribution is -0.131. The molecule has 1 aromatic carbocycles. The highest BCUT2D eigenvalue weighted by Crippen LogP contribution is 2.25. The number of amides is 1. The van der Waals surface area contributed by atoms with E-state index in [2.05, 4.69) is 10.2 Å². The molecule has 1 fully saturated rings. The van der Waals surface area contributed by atoms with Crippen LogP contribution in [0.4, 0.5) is 0 Å². The highest BCUT2D eigenvalue weighted by atomic mass is 16.3. The topological polar surface area (TPSA) is 91.2 Å². The number of β-amino-alcohol motifs (C(OH)–C–C–N with tert-alkyl or cyclic N) is 1. The normalized spacial score (nSPS) is 19.0. The Hall–Kier alpha value is -2.93. The molecule has 3 heterocycles. The van der Waals surface area contributed by atoms with E-state index in [4.69, 9.17) is 0 Å². The van der Waals surface area contributed by atoms with Gasteiger partial charge in [0, 0.05) is 53.8 Å². The summed E-state index contributed by atoms with van der Waals surface area (Å²) in [6.07, 6.45) is 3.16. The summed E-state index contributed by atoms with van der Waals surface area (Å²) in [5.41, 5.74) is 3.45. The molecule has 0 spiro atoms. The second kappa shape index (κ2) is 8.44. The van der Waals surface area contributed by atoms with Crippen LogP contribution in [0.1, 0.15) is 41.5 Å². The van der Waals surface area contributed by atoms with Crippen molar-refractivity contribution in [3.63, 3.8) is 0 Å². The first kappa shape index (κ1) is 20.3. The summed E-state index contributed by atoms with van der Waals surface area (Å²) in [6.45, 7) is 4.92. The van der Waals surface area contributed by atoms with Crippen molar-refractivity contribution in [2.45, 2.75) is 45.8 Å². The molecule has 2 aromatic heterocycles. The van der Waals surface area contributed by atoms with E-state index in [0.717, 1.165) is 28.7 Å². The number of carbonyl (C=O) groups is 2. The minimum absolute atomic E-state index is 0.0280. The molecule has 0 aliphatic carbocycles.